The Morgan fingerprint density at radius 1 is 1.43 bits per heavy atom. The molecule has 5 nitrogen and oxygen atoms in total. The van der Waals surface area contributed by atoms with Gasteiger partial charge in [-0.2, -0.15) is 0 Å². The van der Waals surface area contributed by atoms with E-state index in [0.717, 1.165) is 24.1 Å². The van der Waals surface area contributed by atoms with Gasteiger partial charge in [0.25, 0.3) is 5.56 Å². The maximum atomic E-state index is 11.6. The lowest BCUT2D eigenvalue weighted by Crippen LogP contribution is -2.11. The third-order valence-corrected chi connectivity index (χ3v) is 3.90. The summed E-state index contributed by atoms with van der Waals surface area (Å²) in [6.07, 6.45) is 1.06. The highest BCUT2D eigenvalue weighted by Crippen LogP contribution is 2.23. The molecule has 0 spiro atoms. The molecule has 1 aromatic heterocycles. The van der Waals surface area contributed by atoms with Gasteiger partial charge in [-0.1, -0.05) is 37.2 Å². The van der Waals surface area contributed by atoms with Crippen LogP contribution in [0, 0.1) is 0 Å². The lowest BCUT2D eigenvalue weighted by Gasteiger charge is -2.11. The van der Waals surface area contributed by atoms with E-state index in [1.165, 1.54) is 17.8 Å². The number of thioether (sulfide) groups is 1. The van der Waals surface area contributed by atoms with E-state index in [9.17, 15) is 9.90 Å². The number of nitrogens with two attached hydrogens (primary N) is 1. The summed E-state index contributed by atoms with van der Waals surface area (Å²) >= 11 is 1.33. The average Bonchev–Trinajstić information content (AvgIpc) is 2.44. The van der Waals surface area contributed by atoms with Gasteiger partial charge in [0.15, 0.2) is 5.16 Å². The number of hydrogen-bond donors (Lipinski definition) is 3. The second-order valence-corrected chi connectivity index (χ2v) is 5.80. The van der Waals surface area contributed by atoms with Gasteiger partial charge in [0.05, 0.1) is 6.10 Å². The predicted octanol–water partition coefficient (Wildman–Crippen LogP) is 2.13. The number of hydrogen-bond acceptors (Lipinski definition) is 5. The van der Waals surface area contributed by atoms with E-state index >= 15 is 0 Å². The zero-order valence-corrected chi connectivity index (χ0v) is 12.7. The van der Waals surface area contributed by atoms with Gasteiger partial charge in [0, 0.05) is 23.2 Å². The fourth-order valence-electron chi connectivity index (χ4n) is 1.96. The van der Waals surface area contributed by atoms with E-state index in [4.69, 9.17) is 5.73 Å². The molecule has 6 heteroatoms. The van der Waals surface area contributed by atoms with Crippen LogP contribution in [0.4, 0.5) is 5.69 Å². The van der Waals surface area contributed by atoms with E-state index in [1.54, 1.807) is 18.2 Å². The summed E-state index contributed by atoms with van der Waals surface area (Å²) in [5.41, 5.74) is 7.70. The molecule has 2 aromatic rings. The molecule has 0 amide bonds. The fourth-order valence-corrected chi connectivity index (χ4v) is 2.82. The number of aromatic amines is 1. The Bertz CT molecular complexity index is 657. The summed E-state index contributed by atoms with van der Waals surface area (Å²) in [5, 5.41) is 10.7. The maximum absolute atomic E-state index is 11.6. The summed E-state index contributed by atoms with van der Waals surface area (Å²) < 4.78 is 0. The first-order chi connectivity index (χ1) is 10.1. The molecule has 2 rings (SSSR count). The molecule has 1 heterocycles. The van der Waals surface area contributed by atoms with Crippen LogP contribution in [0.1, 0.15) is 30.7 Å². The number of aliphatic hydroxyl groups is 1. The summed E-state index contributed by atoms with van der Waals surface area (Å²) in [4.78, 5) is 18.6. The van der Waals surface area contributed by atoms with Crippen molar-refractivity contribution in [3.05, 3.63) is 51.9 Å². The van der Waals surface area contributed by atoms with Gasteiger partial charge >= 0.3 is 0 Å². The van der Waals surface area contributed by atoms with Gasteiger partial charge in [-0.05, 0) is 24.1 Å². The van der Waals surface area contributed by atoms with Crippen LogP contribution in [0.2, 0.25) is 0 Å². The van der Waals surface area contributed by atoms with Gasteiger partial charge in [-0.15, -0.1) is 0 Å². The minimum atomic E-state index is -0.654. The number of benzene rings is 1. The van der Waals surface area contributed by atoms with Crippen LogP contribution < -0.4 is 11.3 Å². The molecule has 1 aromatic carbocycles. The fraction of sp³-hybridized carbons (Fsp3) is 0.333. The summed E-state index contributed by atoms with van der Waals surface area (Å²) in [6.45, 7) is 2.04. The molecule has 0 aliphatic carbocycles. The molecular formula is C15H19N3O2S. The third-order valence-electron chi connectivity index (χ3n) is 2.95. The molecule has 0 aliphatic heterocycles. The van der Waals surface area contributed by atoms with E-state index in [1.807, 2.05) is 13.0 Å². The molecule has 0 radical (unpaired) electrons. The van der Waals surface area contributed by atoms with Crippen molar-refractivity contribution in [2.45, 2.75) is 31.0 Å². The summed E-state index contributed by atoms with van der Waals surface area (Å²) in [6, 6.07) is 8.67. The standard InChI is InChI=1S/C15H19N3O2S/c1-2-4-12-8-14(20)18-15(17-12)21-9-13(19)10-5-3-6-11(16)7-10/h3,5-8,13,19H,2,4,9,16H2,1H3,(H,17,18,20). The van der Waals surface area contributed by atoms with Crippen molar-refractivity contribution in [3.63, 3.8) is 0 Å². The van der Waals surface area contributed by atoms with Gasteiger partial charge < -0.3 is 15.8 Å². The van der Waals surface area contributed by atoms with E-state index in [0.29, 0.717) is 16.6 Å². The number of nitrogens with zero attached hydrogens (tertiary/aromatic N) is 1. The van der Waals surface area contributed by atoms with Crippen molar-refractivity contribution in [2.75, 3.05) is 11.5 Å². The molecule has 21 heavy (non-hydrogen) atoms. The molecule has 0 saturated carbocycles. The van der Waals surface area contributed by atoms with Crippen LogP contribution in [-0.4, -0.2) is 20.8 Å². The van der Waals surface area contributed by atoms with Crippen LogP contribution in [0.5, 0.6) is 0 Å². The van der Waals surface area contributed by atoms with E-state index in [2.05, 4.69) is 9.97 Å². The van der Waals surface area contributed by atoms with E-state index < -0.39 is 6.10 Å². The Kier molecular flexibility index (Phi) is 5.41. The Morgan fingerprint density at radius 2 is 2.24 bits per heavy atom. The predicted molar refractivity (Wildman–Crippen MR) is 85.4 cm³/mol. The number of nitrogen functional groups attached to an aromatic ring is 1. The molecule has 112 valence electrons. The summed E-state index contributed by atoms with van der Waals surface area (Å²) in [7, 11) is 0. The smallest absolute Gasteiger partial charge is 0.251 e. The molecule has 0 fully saturated rings. The first-order valence-electron chi connectivity index (χ1n) is 6.85. The highest BCUT2D eigenvalue weighted by molar-refractivity contribution is 7.99. The number of nitrogens with one attached hydrogen (secondary N) is 1. The Balaban J connectivity index is 2.04. The highest BCUT2D eigenvalue weighted by atomic mass is 32.2. The average molecular weight is 305 g/mol. The van der Waals surface area contributed by atoms with Crippen LogP contribution in [0.3, 0.4) is 0 Å². The van der Waals surface area contributed by atoms with Crippen molar-refractivity contribution in [1.29, 1.82) is 0 Å². The van der Waals surface area contributed by atoms with Gasteiger partial charge in [-0.3, -0.25) is 4.79 Å². The second kappa shape index (κ2) is 7.28. The number of aliphatic hydroxyl groups excluding tert-OH is 1. The molecule has 1 atom stereocenters. The zero-order valence-electron chi connectivity index (χ0n) is 11.9. The maximum Gasteiger partial charge on any atom is 0.251 e. The number of H-pyrrole nitrogens is 1. The van der Waals surface area contributed by atoms with Gasteiger partial charge in [0.1, 0.15) is 0 Å². The van der Waals surface area contributed by atoms with Crippen LogP contribution in [0.15, 0.2) is 40.3 Å². The topological polar surface area (TPSA) is 92.0 Å². The Morgan fingerprint density at radius 3 is 2.95 bits per heavy atom. The number of anilines is 1. The lowest BCUT2D eigenvalue weighted by molar-refractivity contribution is 0.204. The van der Waals surface area contributed by atoms with Crippen molar-refractivity contribution in [3.8, 4) is 0 Å². The second-order valence-electron chi connectivity index (χ2n) is 4.79. The third kappa shape index (κ3) is 4.61. The largest absolute Gasteiger partial charge is 0.399 e. The first-order valence-corrected chi connectivity index (χ1v) is 7.83. The van der Waals surface area contributed by atoms with Crippen LogP contribution in [-0.2, 0) is 6.42 Å². The lowest BCUT2D eigenvalue weighted by atomic mass is 10.1. The van der Waals surface area contributed by atoms with Crippen LogP contribution in [0.25, 0.3) is 0 Å². The highest BCUT2D eigenvalue weighted by Gasteiger charge is 2.10. The van der Waals surface area contributed by atoms with Crippen molar-refractivity contribution in [2.24, 2.45) is 0 Å². The number of aryl methyl sites for hydroxylation is 1. The molecule has 1 unspecified atom stereocenters. The van der Waals surface area contributed by atoms with Crippen LogP contribution >= 0.6 is 11.8 Å². The molecule has 0 bridgehead atoms. The normalized spacial score (nSPS) is 12.3. The molecular weight excluding hydrogens is 286 g/mol. The Labute approximate surface area is 127 Å². The minimum absolute atomic E-state index is 0.158. The van der Waals surface area contributed by atoms with E-state index in [-0.39, 0.29) is 5.56 Å². The SMILES string of the molecule is CCCc1cc(=O)[nH]c(SCC(O)c2cccc(N)c2)n1. The van der Waals surface area contributed by atoms with Crippen molar-refractivity contribution in [1.82, 2.24) is 9.97 Å². The Hall–Kier alpha value is -1.79. The minimum Gasteiger partial charge on any atom is -0.399 e. The quantitative estimate of drug-likeness (QED) is 0.432. The number of aromatic nitrogens is 2. The van der Waals surface area contributed by atoms with Crippen molar-refractivity contribution < 1.29 is 5.11 Å². The molecule has 4 N–H and O–H groups in total. The zero-order chi connectivity index (χ0) is 15.2. The summed E-state index contributed by atoms with van der Waals surface area (Å²) in [5.74, 6) is 0.405. The molecule has 0 saturated heterocycles. The van der Waals surface area contributed by atoms with Gasteiger partial charge in [0.2, 0.25) is 0 Å². The van der Waals surface area contributed by atoms with Gasteiger partial charge in [-0.25, -0.2) is 4.98 Å². The number of rotatable bonds is 6. The molecule has 0 aliphatic rings. The van der Waals surface area contributed by atoms with Crippen molar-refractivity contribution >= 4 is 17.4 Å². The monoisotopic (exact) mass is 305 g/mol. The first kappa shape index (κ1) is 15.6.